The molecular formula is C20H22ClN7O2. The van der Waals surface area contributed by atoms with Crippen molar-refractivity contribution in [2.24, 2.45) is 0 Å². The molecule has 2 fully saturated rings. The van der Waals surface area contributed by atoms with Crippen LogP contribution in [0.2, 0.25) is 5.02 Å². The standard InChI is InChI=1S/C20H22ClN7O2/c1-30-16-5-4-14(21)12-15(16)22-20(29)27-10-8-26(9-11-27)18-7-6-17-23-24-19(13-2-3-13)28(17)25-18/h4-7,12-13H,2-3,8-11H2,1H3,(H,22,29). The molecule has 3 aromatic rings. The van der Waals surface area contributed by atoms with E-state index in [-0.39, 0.29) is 6.03 Å². The molecule has 0 bridgehead atoms. The first-order valence-corrected chi connectivity index (χ1v) is 10.4. The normalized spacial score (nSPS) is 16.7. The van der Waals surface area contributed by atoms with Gasteiger partial charge in [-0.2, -0.15) is 4.52 Å². The summed E-state index contributed by atoms with van der Waals surface area (Å²) in [7, 11) is 1.56. The van der Waals surface area contributed by atoms with E-state index in [1.165, 1.54) is 0 Å². The van der Waals surface area contributed by atoms with Crippen LogP contribution in [-0.4, -0.2) is 64.0 Å². The minimum atomic E-state index is -0.173. The van der Waals surface area contributed by atoms with Gasteiger partial charge in [0.2, 0.25) is 0 Å². The number of rotatable bonds is 4. The third kappa shape index (κ3) is 3.60. The van der Waals surface area contributed by atoms with E-state index in [4.69, 9.17) is 21.4 Å². The van der Waals surface area contributed by atoms with Gasteiger partial charge in [0.05, 0.1) is 12.8 Å². The van der Waals surface area contributed by atoms with E-state index in [1.807, 2.05) is 16.6 Å². The van der Waals surface area contributed by atoms with Gasteiger partial charge in [0.25, 0.3) is 0 Å². The highest BCUT2D eigenvalue weighted by Gasteiger charge is 2.30. The number of anilines is 2. The van der Waals surface area contributed by atoms with Gasteiger partial charge in [0, 0.05) is 37.1 Å². The van der Waals surface area contributed by atoms with Crippen molar-refractivity contribution in [1.29, 1.82) is 0 Å². The van der Waals surface area contributed by atoms with Crippen LogP contribution >= 0.6 is 11.6 Å². The van der Waals surface area contributed by atoms with E-state index in [1.54, 1.807) is 30.2 Å². The van der Waals surface area contributed by atoms with Gasteiger partial charge >= 0.3 is 6.03 Å². The number of urea groups is 1. The van der Waals surface area contributed by atoms with E-state index in [9.17, 15) is 4.79 Å². The van der Waals surface area contributed by atoms with Crippen LogP contribution in [0.15, 0.2) is 30.3 Å². The molecule has 3 heterocycles. The Morgan fingerprint density at radius 3 is 2.67 bits per heavy atom. The number of aromatic nitrogens is 4. The molecule has 5 rings (SSSR count). The zero-order valence-corrected chi connectivity index (χ0v) is 17.3. The number of fused-ring (bicyclic) bond motifs is 1. The second-order valence-electron chi connectivity index (χ2n) is 7.54. The molecule has 1 aliphatic heterocycles. The van der Waals surface area contributed by atoms with Gasteiger partial charge in [-0.3, -0.25) is 0 Å². The van der Waals surface area contributed by atoms with Crippen LogP contribution in [0.1, 0.15) is 24.6 Å². The summed E-state index contributed by atoms with van der Waals surface area (Å²) in [6.07, 6.45) is 2.30. The Balaban J connectivity index is 1.25. The van der Waals surface area contributed by atoms with Gasteiger partial charge in [-0.25, -0.2) is 4.79 Å². The number of nitrogens with zero attached hydrogens (tertiary/aromatic N) is 6. The Kier molecular flexibility index (Phi) is 4.82. The smallest absolute Gasteiger partial charge is 0.322 e. The minimum Gasteiger partial charge on any atom is -0.495 e. The number of halogens is 1. The van der Waals surface area contributed by atoms with E-state index >= 15 is 0 Å². The first-order chi connectivity index (χ1) is 14.6. The summed E-state index contributed by atoms with van der Waals surface area (Å²) in [6.45, 7) is 2.57. The van der Waals surface area contributed by atoms with Crippen LogP contribution in [0.4, 0.5) is 16.3 Å². The van der Waals surface area contributed by atoms with Crippen LogP contribution in [0.3, 0.4) is 0 Å². The molecular weight excluding hydrogens is 406 g/mol. The summed E-state index contributed by atoms with van der Waals surface area (Å²) >= 11 is 6.05. The molecule has 1 aromatic carbocycles. The molecule has 1 aliphatic carbocycles. The second-order valence-corrected chi connectivity index (χ2v) is 7.98. The number of ether oxygens (including phenoxy) is 1. The average Bonchev–Trinajstić information content (AvgIpc) is 3.52. The van der Waals surface area contributed by atoms with Crippen molar-refractivity contribution in [2.45, 2.75) is 18.8 Å². The third-order valence-corrected chi connectivity index (χ3v) is 5.74. The van der Waals surface area contributed by atoms with Crippen LogP contribution in [0, 0.1) is 0 Å². The number of carbonyl (C=O) groups excluding carboxylic acids is 1. The Bertz CT molecular complexity index is 1090. The molecule has 10 heteroatoms. The van der Waals surface area contributed by atoms with Gasteiger partial charge < -0.3 is 19.9 Å². The molecule has 1 saturated carbocycles. The fourth-order valence-electron chi connectivity index (χ4n) is 3.67. The predicted octanol–water partition coefficient (Wildman–Crippen LogP) is 3.02. The Labute approximate surface area is 178 Å². The van der Waals surface area contributed by atoms with Crippen LogP contribution in [0.5, 0.6) is 5.75 Å². The van der Waals surface area contributed by atoms with Crippen LogP contribution in [-0.2, 0) is 0 Å². The number of hydrogen-bond donors (Lipinski definition) is 1. The summed E-state index contributed by atoms with van der Waals surface area (Å²) in [5, 5.41) is 16.7. The maximum atomic E-state index is 12.7. The van der Waals surface area contributed by atoms with Gasteiger partial charge in [0.15, 0.2) is 11.5 Å². The fraction of sp³-hybridized carbons (Fsp3) is 0.400. The average molecular weight is 428 g/mol. The summed E-state index contributed by atoms with van der Waals surface area (Å²) in [4.78, 5) is 16.7. The maximum absolute atomic E-state index is 12.7. The van der Waals surface area contributed by atoms with Crippen molar-refractivity contribution in [3.8, 4) is 5.75 Å². The Hall–Kier alpha value is -3.07. The lowest BCUT2D eigenvalue weighted by atomic mass is 10.3. The van der Waals surface area contributed by atoms with Crippen molar-refractivity contribution < 1.29 is 9.53 Å². The quantitative estimate of drug-likeness (QED) is 0.688. The lowest BCUT2D eigenvalue weighted by Gasteiger charge is -2.35. The van der Waals surface area contributed by atoms with Gasteiger partial charge in [-0.05, 0) is 43.2 Å². The fourth-order valence-corrected chi connectivity index (χ4v) is 3.84. The molecule has 156 valence electrons. The van der Waals surface area contributed by atoms with Crippen molar-refractivity contribution in [1.82, 2.24) is 24.7 Å². The summed E-state index contributed by atoms with van der Waals surface area (Å²) < 4.78 is 7.16. The molecule has 2 aromatic heterocycles. The molecule has 2 amide bonds. The Morgan fingerprint density at radius 2 is 1.93 bits per heavy atom. The van der Waals surface area contributed by atoms with E-state index < -0.39 is 0 Å². The molecule has 0 radical (unpaired) electrons. The van der Waals surface area contributed by atoms with Gasteiger partial charge in [0.1, 0.15) is 11.6 Å². The van der Waals surface area contributed by atoms with Crippen LogP contribution < -0.4 is 15.0 Å². The van der Waals surface area contributed by atoms with E-state index in [0.29, 0.717) is 48.6 Å². The number of benzene rings is 1. The molecule has 0 spiro atoms. The largest absolute Gasteiger partial charge is 0.495 e. The first-order valence-electron chi connectivity index (χ1n) is 9.99. The highest BCUT2D eigenvalue weighted by Crippen LogP contribution is 2.38. The van der Waals surface area contributed by atoms with Gasteiger partial charge in [-0.1, -0.05) is 11.6 Å². The summed E-state index contributed by atoms with van der Waals surface area (Å²) in [5.41, 5.74) is 1.33. The lowest BCUT2D eigenvalue weighted by molar-refractivity contribution is 0.208. The van der Waals surface area contributed by atoms with Crippen molar-refractivity contribution in [3.05, 3.63) is 41.2 Å². The highest BCUT2D eigenvalue weighted by molar-refractivity contribution is 6.31. The lowest BCUT2D eigenvalue weighted by Crippen LogP contribution is -2.50. The van der Waals surface area contributed by atoms with Crippen molar-refractivity contribution in [3.63, 3.8) is 0 Å². The van der Waals surface area contributed by atoms with Crippen LogP contribution in [0.25, 0.3) is 5.65 Å². The number of carbonyl (C=O) groups is 1. The van der Waals surface area contributed by atoms with Crippen molar-refractivity contribution in [2.75, 3.05) is 43.5 Å². The predicted molar refractivity (Wildman–Crippen MR) is 114 cm³/mol. The number of hydrogen-bond acceptors (Lipinski definition) is 6. The second kappa shape index (κ2) is 7.64. The van der Waals surface area contributed by atoms with E-state index in [2.05, 4.69) is 20.4 Å². The zero-order chi connectivity index (χ0) is 20.7. The molecule has 0 unspecified atom stereocenters. The molecule has 0 atom stereocenters. The number of nitrogens with one attached hydrogen (secondary N) is 1. The first kappa shape index (κ1) is 18.9. The molecule has 30 heavy (non-hydrogen) atoms. The topological polar surface area (TPSA) is 87.9 Å². The monoisotopic (exact) mass is 427 g/mol. The number of amides is 2. The SMILES string of the molecule is COc1ccc(Cl)cc1NC(=O)N1CCN(c2ccc3nnc(C4CC4)n3n2)CC1. The summed E-state index contributed by atoms with van der Waals surface area (Å²) in [5.74, 6) is 2.87. The number of piperazine rings is 1. The third-order valence-electron chi connectivity index (χ3n) is 5.51. The molecule has 1 N–H and O–H groups in total. The Morgan fingerprint density at radius 1 is 1.13 bits per heavy atom. The maximum Gasteiger partial charge on any atom is 0.322 e. The minimum absolute atomic E-state index is 0.173. The molecule has 1 saturated heterocycles. The van der Waals surface area contributed by atoms with Gasteiger partial charge in [-0.15, -0.1) is 15.3 Å². The molecule has 2 aliphatic rings. The number of methoxy groups -OCH3 is 1. The van der Waals surface area contributed by atoms with E-state index in [0.717, 1.165) is 30.1 Å². The van der Waals surface area contributed by atoms with Crippen molar-refractivity contribution >= 4 is 34.8 Å². The summed E-state index contributed by atoms with van der Waals surface area (Å²) in [6, 6.07) is 8.89. The highest BCUT2D eigenvalue weighted by atomic mass is 35.5. The molecule has 9 nitrogen and oxygen atoms in total. The zero-order valence-electron chi connectivity index (χ0n) is 16.6.